The van der Waals surface area contributed by atoms with Crippen LogP contribution in [0.1, 0.15) is 60.8 Å². The van der Waals surface area contributed by atoms with E-state index in [-0.39, 0.29) is 12.8 Å². The molecule has 52 nitrogen and oxygen atoms in total. The van der Waals surface area contributed by atoms with Gasteiger partial charge in [0.15, 0.2) is 75.5 Å². The van der Waals surface area contributed by atoms with Gasteiger partial charge in [0.1, 0.15) is 220 Å². The average Bonchev–Trinajstić information content (AvgIpc) is 0.767. The molecule has 29 N–H and O–H groups in total. The van der Waals surface area contributed by atoms with Crippen LogP contribution < -0.4 is 0 Å². The normalized spacial score (nSPS) is 55.0. The second-order valence-corrected chi connectivity index (χ2v) is 33.2. The lowest BCUT2D eigenvalue weighted by Crippen LogP contribution is -2.69. The smallest absolute Gasteiger partial charge is 0.187 e. The van der Waals surface area contributed by atoms with Gasteiger partial charge in [-0.3, -0.25) is 0 Å². The van der Waals surface area contributed by atoms with Crippen molar-refractivity contribution in [1.82, 2.24) is 0 Å². The minimum absolute atomic E-state index is 0.328. The molecule has 12 fully saturated rings. The molecule has 12 heterocycles. The summed E-state index contributed by atoms with van der Waals surface area (Å²) in [6, 6.07) is 0. The third kappa shape index (κ3) is 21.3. The molecule has 0 bridgehead atoms. The monoisotopic (exact) mass is 1820 g/mol. The van der Waals surface area contributed by atoms with Crippen molar-refractivity contribution in [3.8, 4) is 0 Å². The highest BCUT2D eigenvalue weighted by Gasteiger charge is 2.63. The highest BCUT2D eigenvalue weighted by atomic mass is 16.8. The Hall–Kier alpha value is -2.08. The van der Waals surface area contributed by atoms with E-state index in [4.69, 9.17) is 109 Å². The van der Waals surface area contributed by atoms with Crippen LogP contribution in [0, 0.1) is 0 Å². The van der Waals surface area contributed by atoms with Crippen LogP contribution >= 0.6 is 0 Å². The van der Waals surface area contributed by atoms with Gasteiger partial charge >= 0.3 is 0 Å². The average molecular weight is 1820 g/mol. The summed E-state index contributed by atoms with van der Waals surface area (Å²) < 4.78 is 138. The molecule has 57 atom stereocenters. The molecule has 52 heteroatoms. The lowest BCUT2D eigenvalue weighted by atomic mass is 9.95. The first-order chi connectivity index (χ1) is 58.7. The van der Waals surface area contributed by atoms with E-state index in [0.717, 1.165) is 0 Å². The van der Waals surface area contributed by atoms with Gasteiger partial charge in [0.05, 0.1) is 94.6 Å². The third-order valence-electron chi connectivity index (χ3n) is 24.5. The predicted molar refractivity (Wildman–Crippen MR) is 382 cm³/mol. The first kappa shape index (κ1) is 101. The Labute approximate surface area is 705 Å². The largest absolute Gasteiger partial charge is 0.394 e. The first-order valence-corrected chi connectivity index (χ1v) is 41.0. The van der Waals surface area contributed by atoms with Gasteiger partial charge in [-0.2, -0.15) is 0 Å². The van der Waals surface area contributed by atoms with Crippen LogP contribution in [0.25, 0.3) is 0 Å². The van der Waals surface area contributed by atoms with E-state index >= 15 is 0 Å². The molecule has 0 aromatic carbocycles. The number of rotatable bonds is 28. The molecule has 0 amide bonds. The molecule has 722 valence electrons. The van der Waals surface area contributed by atoms with Gasteiger partial charge in [-0.25, -0.2) is 0 Å². The molecule has 12 aliphatic rings. The minimum atomic E-state index is -2.42. The molecule has 0 aromatic rings. The van der Waals surface area contributed by atoms with Gasteiger partial charge in [-0.05, 0) is 41.5 Å². The van der Waals surface area contributed by atoms with Crippen molar-refractivity contribution in [1.29, 1.82) is 0 Å². The second-order valence-electron chi connectivity index (χ2n) is 33.2. The molecule has 0 radical (unpaired) electrons. The van der Waals surface area contributed by atoms with Crippen LogP contribution in [-0.4, -0.2) is 538 Å². The van der Waals surface area contributed by atoms with Crippen molar-refractivity contribution in [3.05, 3.63) is 0 Å². The van der Waals surface area contributed by atoms with Crippen molar-refractivity contribution < 1.29 is 257 Å². The van der Waals surface area contributed by atoms with E-state index in [0.29, 0.717) is 0 Å². The maximum absolute atomic E-state index is 12.4. The van der Waals surface area contributed by atoms with Crippen molar-refractivity contribution in [2.24, 2.45) is 0 Å². The van der Waals surface area contributed by atoms with Crippen LogP contribution in [0.4, 0.5) is 0 Å². The number of aliphatic hydroxyl groups excluding tert-OH is 29. The Kier molecular flexibility index (Phi) is 35.1. The number of aliphatic hydroxyl groups is 29. The SMILES string of the molecule is C[C@@H]1O[C@@H](O)[C@H](O)[C@H](O)[C@H]1O[C@H]1O[C@H](CO)[C@@H](O)[C@H](O[C@H]2O[C@H](C)[C@H](O)C[C@H]2O)[C@@H]1O[C@H]1O[C@H](CO)[C@H](O)[C@H](O[C@@H]2O[C@@H](C)[C@@H](O[C@H]3O[C@H](CO)[C@@H](O)[C@H](O[C@H]4O[C@H](C)[C@H](O)C[C@H]4O)[C@@H]3O[C@H]3O[C@H](CO)[C@H](O)[C@H](O[C@@H]4O[C@@H](C)[C@H](O[C@H]5O[C@H](CO)[C@@H](O)[C@H](O[C@H]6O[C@H](C)[C@H](O)C[C@H]6O)[C@@H]5O[C@H]5O[C@H](CO)[C@H](O)[C@H](O)[C@H]5O)[C@@H](O)[C@H]4O)[C@H]3O)[C@@H](O)[C@@H]2O)[C@H]1O. The third-order valence-corrected chi connectivity index (χ3v) is 24.5. The maximum Gasteiger partial charge on any atom is 0.187 e. The fourth-order valence-electron chi connectivity index (χ4n) is 16.9. The van der Waals surface area contributed by atoms with Gasteiger partial charge in [-0.15, -0.1) is 0 Å². The van der Waals surface area contributed by atoms with E-state index in [1.807, 2.05) is 0 Å². The van der Waals surface area contributed by atoms with E-state index < -0.39 is 396 Å². The fourth-order valence-corrected chi connectivity index (χ4v) is 16.9. The van der Waals surface area contributed by atoms with Gasteiger partial charge < -0.3 is 257 Å². The fraction of sp³-hybridized carbons (Fsp3) is 1.00. The van der Waals surface area contributed by atoms with E-state index in [1.165, 1.54) is 41.5 Å². The Bertz CT molecular complexity index is 3230. The summed E-state index contributed by atoms with van der Waals surface area (Å²) in [7, 11) is 0. The topological polar surface area (TPSA) is 799 Å². The molecule has 0 saturated carbocycles. The van der Waals surface area contributed by atoms with Crippen LogP contribution in [0.3, 0.4) is 0 Å². The summed E-state index contributed by atoms with van der Waals surface area (Å²) in [5, 5.41) is 325. The summed E-state index contributed by atoms with van der Waals surface area (Å²) in [5.74, 6) is 0. The summed E-state index contributed by atoms with van der Waals surface area (Å²) in [4.78, 5) is 0. The van der Waals surface area contributed by atoms with Crippen molar-refractivity contribution in [3.63, 3.8) is 0 Å². The van der Waals surface area contributed by atoms with Crippen LogP contribution in [-0.2, 0) is 109 Å². The number of hydrogen-bond donors (Lipinski definition) is 29. The van der Waals surface area contributed by atoms with Crippen LogP contribution in [0.5, 0.6) is 0 Å². The standard InChI is InChI=1S/C72H122O52/c1-16-22(79)7-25(82)62(103-16)119-55-37(88)31(13-76)111-70(58(55)122-67-45(96)40(91)34(85)28(10-73)108-67)115-51-20(5)106-65(46(97)42(51)93)118-54-36(87)30(12-75)110-69(49(54)100)124-60-57(121-64-27(84)9-24(81)18(3)105-64)39(90)33(15-78)113-72(60)116-52-21(6)107-66(47(98)43(52)94)117-53-35(86)29(11-74)109-68(48(53)99)123-59-56(120-63-26(83)8-23(80)17(2)104-63)38(89)32(14-77)112-71(59)114-50-19(4)102-61(101)44(95)41(50)92/h16-101H,7-15H2,1-6H3/t16-,17-,18-,19+,20+,21+,22-,23-,24-,25-,26-,27-,28-,29-,30-,31-,32-,33-,34+,35+,36+,37-,38-,39-,40+,41+,42+,43+,44-,45-,46-,47+,48-,49-,50+,51+,52-,53+,54+,55+,56+,57+,58+,59+,60+,61-,62-,63-,64-,65+,66+,67-,68-,69-,70-,71-,72-/m1/s1. The molecule has 12 rings (SSSR count). The highest BCUT2D eigenvalue weighted by molar-refractivity contribution is 5.04. The molecule has 12 saturated heterocycles. The Morgan fingerprint density at radius 3 is 0.677 bits per heavy atom. The van der Waals surface area contributed by atoms with Gasteiger partial charge in [0.25, 0.3) is 0 Å². The Morgan fingerprint density at radius 2 is 0.379 bits per heavy atom. The molecule has 0 aromatic heterocycles. The first-order valence-electron chi connectivity index (χ1n) is 41.0. The lowest BCUT2D eigenvalue weighted by molar-refractivity contribution is -0.416. The van der Waals surface area contributed by atoms with Gasteiger partial charge in [0, 0.05) is 19.3 Å². The quantitative estimate of drug-likeness (QED) is 0.0346. The minimum Gasteiger partial charge on any atom is -0.394 e. The molecule has 0 aliphatic carbocycles. The predicted octanol–water partition coefficient (Wildman–Crippen LogP) is -17.9. The van der Waals surface area contributed by atoms with Crippen molar-refractivity contribution >= 4 is 0 Å². The summed E-state index contributed by atoms with van der Waals surface area (Å²) in [6.45, 7) is 1.64. The number of ether oxygens (including phenoxy) is 23. The molecule has 0 unspecified atom stereocenters. The Balaban J connectivity index is 0.780. The summed E-state index contributed by atoms with van der Waals surface area (Å²) in [5.41, 5.74) is 0. The van der Waals surface area contributed by atoms with Crippen LogP contribution in [0.15, 0.2) is 0 Å². The zero-order valence-corrected chi connectivity index (χ0v) is 67.6. The Morgan fingerprint density at radius 1 is 0.169 bits per heavy atom. The second kappa shape index (κ2) is 43.1. The summed E-state index contributed by atoms with van der Waals surface area (Å²) >= 11 is 0. The van der Waals surface area contributed by atoms with E-state index in [2.05, 4.69) is 0 Å². The van der Waals surface area contributed by atoms with E-state index in [1.54, 1.807) is 0 Å². The number of hydrogen-bond acceptors (Lipinski definition) is 52. The van der Waals surface area contributed by atoms with Crippen molar-refractivity contribution in [2.45, 2.75) is 411 Å². The molecule has 12 aliphatic heterocycles. The van der Waals surface area contributed by atoms with E-state index in [9.17, 15) is 148 Å². The van der Waals surface area contributed by atoms with Gasteiger partial charge in [0.2, 0.25) is 0 Å². The van der Waals surface area contributed by atoms with Crippen molar-refractivity contribution in [2.75, 3.05) is 39.6 Å². The zero-order chi connectivity index (χ0) is 90.5. The molecule has 0 spiro atoms. The molecule has 124 heavy (non-hydrogen) atoms. The summed E-state index contributed by atoms with van der Waals surface area (Å²) in [6.07, 6.45) is -109. The van der Waals surface area contributed by atoms with Crippen LogP contribution in [0.2, 0.25) is 0 Å². The maximum atomic E-state index is 12.4. The zero-order valence-electron chi connectivity index (χ0n) is 67.6. The molecular formula is C72H122O52. The highest BCUT2D eigenvalue weighted by Crippen LogP contribution is 2.43. The molecular weight excluding hydrogens is 1700 g/mol. The van der Waals surface area contributed by atoms with Gasteiger partial charge in [-0.1, -0.05) is 0 Å². The lowest BCUT2D eigenvalue weighted by Gasteiger charge is -2.51.